The lowest BCUT2D eigenvalue weighted by atomic mass is 10.00. The first-order chi connectivity index (χ1) is 20.4. The third-order valence-electron chi connectivity index (χ3n) is 8.35. The van der Waals surface area contributed by atoms with Crippen LogP contribution in [0.25, 0.3) is 18.2 Å². The second-order valence-electron chi connectivity index (χ2n) is 11.0. The van der Waals surface area contributed by atoms with E-state index in [1.54, 1.807) is 0 Å². The van der Waals surface area contributed by atoms with E-state index in [0.717, 1.165) is 39.1 Å². The Hall–Kier alpha value is -4.73. The first kappa shape index (κ1) is 31.2. The number of nitrogens with one attached hydrogen (secondary N) is 3. The summed E-state index contributed by atoms with van der Waals surface area (Å²) in [6.45, 7) is 11.3. The topological polar surface area (TPSA) is 165 Å². The van der Waals surface area contributed by atoms with E-state index in [1.165, 1.54) is 0 Å². The molecule has 10 nitrogen and oxygen atoms in total. The number of amides is 2. The SMILES string of the molecule is C/C=C1/C(=C/c2[nH]c(/C=c3\[nH]/c(=C\C4=NC(=O)C(CC)=C4C)c(C)c3CCC(=O)O)c(CCC(=O)O)c2C)NC(=O)[C@@H]1C. The highest BCUT2D eigenvalue weighted by Gasteiger charge is 2.29. The summed E-state index contributed by atoms with van der Waals surface area (Å²) >= 11 is 0. The van der Waals surface area contributed by atoms with Crippen LogP contribution in [0, 0.1) is 19.8 Å². The van der Waals surface area contributed by atoms with Gasteiger partial charge in [-0.05, 0) is 106 Å². The maximum absolute atomic E-state index is 12.3. The van der Waals surface area contributed by atoms with Crippen LogP contribution in [0.15, 0.2) is 33.5 Å². The zero-order chi connectivity index (χ0) is 31.6. The molecule has 2 amide bonds. The number of H-pyrrole nitrogens is 2. The number of nitrogens with zero attached hydrogens (tertiary/aromatic N) is 1. The van der Waals surface area contributed by atoms with Crippen LogP contribution in [0.2, 0.25) is 0 Å². The summed E-state index contributed by atoms with van der Waals surface area (Å²) in [6.07, 6.45) is 8.45. The van der Waals surface area contributed by atoms with Gasteiger partial charge in [0.25, 0.3) is 5.91 Å². The number of hydrogen-bond acceptors (Lipinski definition) is 4. The Morgan fingerprint density at radius 2 is 1.53 bits per heavy atom. The van der Waals surface area contributed by atoms with Crippen LogP contribution in [0.1, 0.15) is 80.6 Å². The van der Waals surface area contributed by atoms with Gasteiger partial charge in [0, 0.05) is 46.2 Å². The Bertz CT molecular complexity index is 1780. The summed E-state index contributed by atoms with van der Waals surface area (Å²) < 4.78 is 0. The maximum atomic E-state index is 12.3. The number of carbonyl (C=O) groups is 4. The summed E-state index contributed by atoms with van der Waals surface area (Å²) in [4.78, 5) is 58.8. The van der Waals surface area contributed by atoms with Gasteiger partial charge in [0.2, 0.25) is 5.91 Å². The van der Waals surface area contributed by atoms with E-state index in [0.29, 0.717) is 39.8 Å². The molecule has 226 valence electrons. The van der Waals surface area contributed by atoms with Crippen LogP contribution >= 0.6 is 0 Å². The molecule has 1 atom stereocenters. The van der Waals surface area contributed by atoms with Gasteiger partial charge < -0.3 is 25.5 Å². The molecule has 10 heteroatoms. The molecule has 0 saturated carbocycles. The molecule has 2 aromatic heterocycles. The molecule has 4 rings (SSSR count). The summed E-state index contributed by atoms with van der Waals surface area (Å²) in [5.41, 5.74) is 8.40. The van der Waals surface area contributed by atoms with Gasteiger partial charge in [-0.25, -0.2) is 4.99 Å². The summed E-state index contributed by atoms with van der Waals surface area (Å²) in [7, 11) is 0. The fourth-order valence-corrected chi connectivity index (χ4v) is 5.77. The number of aliphatic carboxylic acids is 2. The highest BCUT2D eigenvalue weighted by Crippen LogP contribution is 2.29. The number of aromatic nitrogens is 2. The van der Waals surface area contributed by atoms with Crippen molar-refractivity contribution in [3.8, 4) is 0 Å². The van der Waals surface area contributed by atoms with Gasteiger partial charge >= 0.3 is 11.9 Å². The summed E-state index contributed by atoms with van der Waals surface area (Å²) in [5, 5.41) is 23.2. The number of carbonyl (C=O) groups excluding carboxylic acids is 2. The van der Waals surface area contributed by atoms with Gasteiger partial charge in [-0.2, -0.15) is 0 Å². The smallest absolute Gasteiger partial charge is 0.303 e. The second kappa shape index (κ2) is 12.6. The average Bonchev–Trinajstić information content (AvgIpc) is 3.59. The highest BCUT2D eigenvalue weighted by molar-refractivity contribution is 6.30. The first-order valence-electron chi connectivity index (χ1n) is 14.4. The van der Waals surface area contributed by atoms with E-state index >= 15 is 0 Å². The quantitative estimate of drug-likeness (QED) is 0.286. The van der Waals surface area contributed by atoms with Gasteiger partial charge in [-0.1, -0.05) is 13.0 Å². The minimum Gasteiger partial charge on any atom is -0.481 e. The zero-order valence-corrected chi connectivity index (χ0v) is 25.4. The number of aliphatic imine (C=N–C) groups is 1. The van der Waals surface area contributed by atoms with Crippen LogP contribution in [-0.4, -0.2) is 49.6 Å². The van der Waals surface area contributed by atoms with E-state index < -0.39 is 11.9 Å². The Balaban J connectivity index is 1.91. The van der Waals surface area contributed by atoms with Crippen molar-refractivity contribution in [1.29, 1.82) is 0 Å². The highest BCUT2D eigenvalue weighted by atomic mass is 16.4. The molecular formula is C33H38N4O6. The molecule has 2 aliphatic rings. The van der Waals surface area contributed by atoms with Crippen molar-refractivity contribution in [2.75, 3.05) is 0 Å². The van der Waals surface area contributed by atoms with Gasteiger partial charge in [-0.15, -0.1) is 0 Å². The molecule has 0 unspecified atom stereocenters. The predicted octanol–water partition coefficient (Wildman–Crippen LogP) is 3.36. The molecule has 1 fully saturated rings. The van der Waals surface area contributed by atoms with Crippen LogP contribution in [0.5, 0.6) is 0 Å². The second-order valence-corrected chi connectivity index (χ2v) is 11.0. The maximum Gasteiger partial charge on any atom is 0.303 e. The Kier molecular flexibility index (Phi) is 9.18. The lowest BCUT2D eigenvalue weighted by molar-refractivity contribution is -0.138. The summed E-state index contributed by atoms with van der Waals surface area (Å²) in [5.74, 6) is -2.44. The summed E-state index contributed by atoms with van der Waals surface area (Å²) in [6, 6.07) is 0. The monoisotopic (exact) mass is 586 g/mol. The van der Waals surface area contributed by atoms with E-state index in [-0.39, 0.29) is 43.4 Å². The number of carboxylic acids is 2. The molecule has 0 aromatic carbocycles. The molecule has 5 N–H and O–H groups in total. The van der Waals surface area contributed by atoms with Crippen LogP contribution in [0.4, 0.5) is 0 Å². The fraction of sp³-hybridized carbons (Fsp3) is 0.364. The number of hydrogen-bond donors (Lipinski definition) is 5. The van der Waals surface area contributed by atoms with Crippen LogP contribution in [0.3, 0.4) is 0 Å². The molecule has 4 heterocycles. The van der Waals surface area contributed by atoms with Crippen molar-refractivity contribution in [1.82, 2.24) is 15.3 Å². The third kappa shape index (κ3) is 6.38. The standard InChI is InChI=1S/C33H38N4O6/c1-7-20-19(6)32(42)37-27(20)14-25-18(5)23(10-12-31(40)41)29(35-25)15-28-22(9-11-30(38)39)17(4)24(34-28)13-26-16(3)21(8-2)33(43)36-26/h7,13-15,19,34-35H,8-12H2,1-6H3,(H,37,42)(H,38,39)(H,40,41)/b20-7+,24-13-,27-14-,28-15-/t19-/m1/s1. The van der Waals surface area contributed by atoms with Crippen molar-refractivity contribution < 1.29 is 29.4 Å². The van der Waals surface area contributed by atoms with Crippen LogP contribution in [-0.2, 0) is 32.0 Å². The van der Waals surface area contributed by atoms with Gasteiger partial charge in [0.1, 0.15) is 0 Å². The Labute approximate surface area is 249 Å². The van der Waals surface area contributed by atoms with Crippen molar-refractivity contribution >= 4 is 47.7 Å². The lowest BCUT2D eigenvalue weighted by Gasteiger charge is -2.03. The van der Waals surface area contributed by atoms with Gasteiger partial charge in [0.05, 0.1) is 11.6 Å². The van der Waals surface area contributed by atoms with Crippen molar-refractivity contribution in [2.24, 2.45) is 10.9 Å². The normalized spacial score (nSPS) is 19.8. The number of allylic oxidation sites excluding steroid dienone is 3. The fourth-order valence-electron chi connectivity index (χ4n) is 5.77. The average molecular weight is 587 g/mol. The minimum atomic E-state index is -0.923. The molecule has 0 bridgehead atoms. The van der Waals surface area contributed by atoms with Gasteiger partial charge in [-0.3, -0.25) is 19.2 Å². The predicted molar refractivity (Wildman–Crippen MR) is 165 cm³/mol. The molecule has 0 radical (unpaired) electrons. The number of rotatable bonds is 10. The van der Waals surface area contributed by atoms with Crippen molar-refractivity contribution in [3.05, 3.63) is 72.8 Å². The molecule has 2 aromatic rings. The molecule has 0 spiro atoms. The minimum absolute atomic E-state index is 0.0721. The Morgan fingerprint density at radius 3 is 2.12 bits per heavy atom. The number of aromatic amines is 2. The molecule has 43 heavy (non-hydrogen) atoms. The zero-order valence-electron chi connectivity index (χ0n) is 25.4. The van der Waals surface area contributed by atoms with E-state index in [9.17, 15) is 29.4 Å². The lowest BCUT2D eigenvalue weighted by Crippen LogP contribution is -2.16. The van der Waals surface area contributed by atoms with E-state index in [2.05, 4.69) is 20.3 Å². The number of carboxylic acid groups (broad SMARTS) is 2. The van der Waals surface area contributed by atoms with E-state index in [1.807, 2.05) is 65.8 Å². The molecule has 0 aliphatic carbocycles. The molecule has 1 saturated heterocycles. The van der Waals surface area contributed by atoms with Gasteiger partial charge in [0.15, 0.2) is 0 Å². The molecule has 2 aliphatic heterocycles. The Morgan fingerprint density at radius 1 is 0.884 bits per heavy atom. The third-order valence-corrected chi connectivity index (χ3v) is 8.35. The van der Waals surface area contributed by atoms with E-state index in [4.69, 9.17) is 0 Å². The van der Waals surface area contributed by atoms with Crippen LogP contribution < -0.4 is 16.0 Å². The molecular weight excluding hydrogens is 548 g/mol. The first-order valence-corrected chi connectivity index (χ1v) is 14.4. The van der Waals surface area contributed by atoms with Crippen molar-refractivity contribution in [2.45, 2.75) is 73.6 Å². The van der Waals surface area contributed by atoms with Crippen molar-refractivity contribution in [3.63, 3.8) is 0 Å². The largest absolute Gasteiger partial charge is 0.481 e.